The first-order valence-corrected chi connectivity index (χ1v) is 7.43. The zero-order valence-corrected chi connectivity index (χ0v) is 13.9. The van der Waals surface area contributed by atoms with Gasteiger partial charge in [-0.1, -0.05) is 45.7 Å². The van der Waals surface area contributed by atoms with Crippen LogP contribution < -0.4 is 0 Å². The summed E-state index contributed by atoms with van der Waals surface area (Å²) in [4.78, 5) is 0. The Morgan fingerprint density at radius 1 is 1.11 bits per heavy atom. The number of hydrogen-bond donors (Lipinski definition) is 1. The molecule has 0 amide bonds. The minimum absolute atomic E-state index is 0.0325. The van der Waals surface area contributed by atoms with Crippen molar-refractivity contribution in [3.63, 3.8) is 0 Å². The molecule has 1 atom stereocenters. The van der Waals surface area contributed by atoms with Gasteiger partial charge in [0.05, 0.1) is 5.02 Å². The Labute approximate surface area is 132 Å². The standard InChI is InChI=1S/C14H10Br2ClFO/c1-14(19,8-2-4-9(15)5-3-8)10-6-7-11(16)12(17)13(10)18/h2-7,19H,1H3. The van der Waals surface area contributed by atoms with E-state index in [0.29, 0.717) is 10.0 Å². The summed E-state index contributed by atoms with van der Waals surface area (Å²) in [6.07, 6.45) is 0. The molecule has 0 heterocycles. The largest absolute Gasteiger partial charge is 0.381 e. The molecule has 5 heteroatoms. The van der Waals surface area contributed by atoms with Crippen molar-refractivity contribution in [2.75, 3.05) is 0 Å². The van der Waals surface area contributed by atoms with E-state index in [2.05, 4.69) is 31.9 Å². The van der Waals surface area contributed by atoms with E-state index < -0.39 is 11.4 Å². The number of halogens is 4. The fourth-order valence-corrected chi connectivity index (χ4v) is 2.57. The lowest BCUT2D eigenvalue weighted by Gasteiger charge is -2.25. The van der Waals surface area contributed by atoms with Crippen molar-refractivity contribution in [3.8, 4) is 0 Å². The van der Waals surface area contributed by atoms with Crippen molar-refractivity contribution in [1.82, 2.24) is 0 Å². The van der Waals surface area contributed by atoms with E-state index in [1.165, 1.54) is 6.07 Å². The minimum atomic E-state index is -1.45. The zero-order chi connectivity index (χ0) is 14.2. The molecule has 0 aromatic heterocycles. The molecule has 1 nitrogen and oxygen atoms in total. The van der Waals surface area contributed by atoms with Crippen molar-refractivity contribution in [2.45, 2.75) is 12.5 Å². The van der Waals surface area contributed by atoms with Crippen LogP contribution in [0.1, 0.15) is 18.1 Å². The van der Waals surface area contributed by atoms with E-state index in [-0.39, 0.29) is 10.6 Å². The maximum Gasteiger partial charge on any atom is 0.149 e. The van der Waals surface area contributed by atoms with Crippen LogP contribution in [0.4, 0.5) is 4.39 Å². The van der Waals surface area contributed by atoms with Crippen LogP contribution in [0.3, 0.4) is 0 Å². The molecule has 0 saturated heterocycles. The highest BCUT2D eigenvalue weighted by molar-refractivity contribution is 9.10. The molecule has 0 fully saturated rings. The lowest BCUT2D eigenvalue weighted by Crippen LogP contribution is -2.24. The van der Waals surface area contributed by atoms with E-state index in [1.807, 2.05) is 0 Å². The molecule has 0 radical (unpaired) electrons. The van der Waals surface area contributed by atoms with Gasteiger partial charge in [-0.15, -0.1) is 0 Å². The lowest BCUT2D eigenvalue weighted by atomic mass is 9.88. The molecule has 0 aliphatic rings. The lowest BCUT2D eigenvalue weighted by molar-refractivity contribution is 0.0979. The molecular formula is C14H10Br2ClFO. The zero-order valence-electron chi connectivity index (χ0n) is 9.92. The van der Waals surface area contributed by atoms with Gasteiger partial charge in [0.15, 0.2) is 0 Å². The topological polar surface area (TPSA) is 20.2 Å². The van der Waals surface area contributed by atoms with Crippen LogP contribution in [-0.2, 0) is 5.60 Å². The van der Waals surface area contributed by atoms with Gasteiger partial charge in [0, 0.05) is 14.5 Å². The molecule has 19 heavy (non-hydrogen) atoms. The first kappa shape index (κ1) is 15.0. The molecular weight excluding hydrogens is 398 g/mol. The summed E-state index contributed by atoms with van der Waals surface area (Å²) in [6, 6.07) is 10.2. The molecule has 2 aromatic rings. The van der Waals surface area contributed by atoms with Crippen LogP contribution in [-0.4, -0.2) is 5.11 Å². The number of benzene rings is 2. The van der Waals surface area contributed by atoms with E-state index >= 15 is 0 Å². The van der Waals surface area contributed by atoms with Crippen molar-refractivity contribution < 1.29 is 9.50 Å². The molecule has 2 rings (SSSR count). The molecule has 0 bridgehead atoms. The van der Waals surface area contributed by atoms with Crippen LogP contribution in [0.25, 0.3) is 0 Å². The van der Waals surface area contributed by atoms with Gasteiger partial charge in [0.25, 0.3) is 0 Å². The predicted molar refractivity (Wildman–Crippen MR) is 81.9 cm³/mol. The monoisotopic (exact) mass is 406 g/mol. The van der Waals surface area contributed by atoms with Crippen LogP contribution in [0.15, 0.2) is 45.3 Å². The average molecular weight is 408 g/mol. The van der Waals surface area contributed by atoms with Gasteiger partial charge in [-0.25, -0.2) is 4.39 Å². The van der Waals surface area contributed by atoms with Gasteiger partial charge in [-0.3, -0.25) is 0 Å². The normalized spacial score (nSPS) is 14.2. The van der Waals surface area contributed by atoms with Crippen LogP contribution in [0.2, 0.25) is 5.02 Å². The van der Waals surface area contributed by atoms with Gasteiger partial charge in [0.2, 0.25) is 0 Å². The highest BCUT2D eigenvalue weighted by atomic mass is 79.9. The second kappa shape index (κ2) is 5.52. The highest BCUT2D eigenvalue weighted by Gasteiger charge is 2.30. The fraction of sp³-hybridized carbons (Fsp3) is 0.143. The van der Waals surface area contributed by atoms with E-state index in [0.717, 1.165) is 4.47 Å². The van der Waals surface area contributed by atoms with E-state index in [1.54, 1.807) is 37.3 Å². The van der Waals surface area contributed by atoms with Gasteiger partial charge in [-0.05, 0) is 46.6 Å². The molecule has 1 unspecified atom stereocenters. The molecule has 0 aliphatic heterocycles. The van der Waals surface area contributed by atoms with Crippen molar-refractivity contribution in [3.05, 3.63) is 67.3 Å². The minimum Gasteiger partial charge on any atom is -0.381 e. The van der Waals surface area contributed by atoms with Crippen molar-refractivity contribution in [2.24, 2.45) is 0 Å². The maximum atomic E-state index is 14.2. The third kappa shape index (κ3) is 2.87. The first-order chi connectivity index (χ1) is 8.84. The summed E-state index contributed by atoms with van der Waals surface area (Å²) < 4.78 is 15.5. The Bertz CT molecular complexity index is 612. The Morgan fingerprint density at radius 2 is 1.68 bits per heavy atom. The maximum absolute atomic E-state index is 14.2. The Hall–Kier alpha value is -0.420. The second-order valence-electron chi connectivity index (χ2n) is 4.30. The van der Waals surface area contributed by atoms with Gasteiger partial charge in [0.1, 0.15) is 11.4 Å². The van der Waals surface area contributed by atoms with E-state index in [9.17, 15) is 9.50 Å². The Kier molecular flexibility index (Phi) is 4.35. The highest BCUT2D eigenvalue weighted by Crippen LogP contribution is 2.36. The Morgan fingerprint density at radius 3 is 2.26 bits per heavy atom. The summed E-state index contributed by atoms with van der Waals surface area (Å²) in [6.45, 7) is 1.54. The second-order valence-corrected chi connectivity index (χ2v) is 6.45. The van der Waals surface area contributed by atoms with Gasteiger partial charge < -0.3 is 5.11 Å². The van der Waals surface area contributed by atoms with Gasteiger partial charge >= 0.3 is 0 Å². The SMILES string of the molecule is CC(O)(c1ccc(Br)cc1)c1ccc(Br)c(Cl)c1F. The summed E-state index contributed by atoms with van der Waals surface area (Å²) >= 11 is 12.3. The Balaban J connectivity index is 2.56. The third-order valence-electron chi connectivity index (χ3n) is 2.97. The molecule has 0 spiro atoms. The number of aliphatic hydroxyl groups is 1. The predicted octanol–water partition coefficient (Wildman–Crippen LogP) is 5.26. The summed E-state index contributed by atoms with van der Waals surface area (Å²) in [5.41, 5.74) is -0.717. The first-order valence-electron chi connectivity index (χ1n) is 5.46. The number of hydrogen-bond acceptors (Lipinski definition) is 1. The summed E-state index contributed by atoms with van der Waals surface area (Å²) in [5.74, 6) is -0.621. The fourth-order valence-electron chi connectivity index (χ4n) is 1.83. The van der Waals surface area contributed by atoms with E-state index in [4.69, 9.17) is 11.6 Å². The third-order valence-corrected chi connectivity index (χ3v) is 4.75. The average Bonchev–Trinajstić information content (AvgIpc) is 2.36. The van der Waals surface area contributed by atoms with Crippen LogP contribution in [0.5, 0.6) is 0 Å². The van der Waals surface area contributed by atoms with Crippen molar-refractivity contribution in [1.29, 1.82) is 0 Å². The summed E-state index contributed by atoms with van der Waals surface area (Å²) in [7, 11) is 0. The molecule has 1 N–H and O–H groups in total. The van der Waals surface area contributed by atoms with Crippen LogP contribution >= 0.6 is 43.5 Å². The molecule has 0 saturated carbocycles. The van der Waals surface area contributed by atoms with Gasteiger partial charge in [-0.2, -0.15) is 0 Å². The van der Waals surface area contributed by atoms with Crippen LogP contribution in [0, 0.1) is 5.82 Å². The van der Waals surface area contributed by atoms with Crippen molar-refractivity contribution >= 4 is 43.5 Å². The molecule has 100 valence electrons. The molecule has 2 aromatic carbocycles. The quantitative estimate of drug-likeness (QED) is 0.672. The number of rotatable bonds is 2. The summed E-state index contributed by atoms with van der Waals surface area (Å²) in [5, 5.41) is 10.6. The smallest absolute Gasteiger partial charge is 0.149 e. The molecule has 0 aliphatic carbocycles.